The van der Waals surface area contributed by atoms with Crippen LogP contribution in [-0.4, -0.2) is 32.7 Å². The summed E-state index contributed by atoms with van der Waals surface area (Å²) in [7, 11) is 1.56. The van der Waals surface area contributed by atoms with Crippen LogP contribution in [0.3, 0.4) is 0 Å². The van der Waals surface area contributed by atoms with Gasteiger partial charge in [-0.25, -0.2) is 9.67 Å². The summed E-state index contributed by atoms with van der Waals surface area (Å²) in [5, 5.41) is 9.47. The zero-order valence-electron chi connectivity index (χ0n) is 9.99. The smallest absolute Gasteiger partial charge is 0.271 e. The first-order chi connectivity index (χ1) is 9.19. The molecular weight excluding hydrogens is 264 g/mol. The van der Waals surface area contributed by atoms with Crippen LogP contribution in [0.1, 0.15) is 10.5 Å². The topological polar surface area (TPSA) is 98.7 Å². The second kappa shape index (κ2) is 4.32. The lowest BCUT2D eigenvalue weighted by molar-refractivity contribution is 0.0957. The molecule has 0 spiro atoms. The molecule has 0 aliphatic heterocycles. The van der Waals surface area contributed by atoms with Gasteiger partial charge < -0.3 is 11.1 Å². The number of nitrogens with zero attached hydrogens (tertiary/aromatic N) is 4. The van der Waals surface area contributed by atoms with Gasteiger partial charge in [0.2, 0.25) is 5.95 Å². The molecule has 0 bridgehead atoms. The summed E-state index contributed by atoms with van der Waals surface area (Å²) in [6.45, 7) is 0. The van der Waals surface area contributed by atoms with Gasteiger partial charge in [0.25, 0.3) is 5.91 Å². The second-order valence-electron chi connectivity index (χ2n) is 3.77. The fourth-order valence-corrected chi connectivity index (χ4v) is 2.49. The molecule has 7 nitrogen and oxygen atoms in total. The number of nitrogens with one attached hydrogen (secondary N) is 1. The molecule has 0 aromatic carbocycles. The van der Waals surface area contributed by atoms with Gasteiger partial charge in [-0.3, -0.25) is 4.79 Å². The molecular formula is C11H10N6OS. The van der Waals surface area contributed by atoms with E-state index in [1.54, 1.807) is 19.3 Å². The lowest BCUT2D eigenvalue weighted by Gasteiger charge is -2.03. The number of anilines is 1. The van der Waals surface area contributed by atoms with Crippen LogP contribution in [0.2, 0.25) is 0 Å². The highest BCUT2D eigenvalue weighted by Gasteiger charge is 2.13. The fraction of sp³-hybridized carbons (Fsp3) is 0.0909. The normalized spacial score (nSPS) is 10.8. The predicted molar refractivity (Wildman–Crippen MR) is 72.3 cm³/mol. The molecule has 3 heterocycles. The maximum Gasteiger partial charge on any atom is 0.271 e. The molecule has 3 aromatic heterocycles. The average Bonchev–Trinajstić information content (AvgIpc) is 3.05. The number of fused-ring (bicyclic) bond motifs is 1. The largest absolute Gasteiger partial charge is 0.368 e. The maximum absolute atomic E-state index is 11.5. The third-order valence-electron chi connectivity index (χ3n) is 2.59. The molecule has 0 unspecified atom stereocenters. The standard InChI is InChI=1S/C11H10N6OS/c1-13-9(18)7-2-4-17(16-7)8-6-3-5-19-10(6)15-11(12)14-8/h2-5H,1H3,(H,13,18)(H2,12,14,15). The number of amides is 1. The molecule has 0 aliphatic carbocycles. The Morgan fingerprint density at radius 1 is 1.42 bits per heavy atom. The number of aromatic nitrogens is 4. The van der Waals surface area contributed by atoms with Crippen molar-refractivity contribution in [2.24, 2.45) is 0 Å². The van der Waals surface area contributed by atoms with Crippen molar-refractivity contribution in [2.45, 2.75) is 0 Å². The Kier molecular flexibility index (Phi) is 2.64. The van der Waals surface area contributed by atoms with Crippen molar-refractivity contribution in [1.82, 2.24) is 25.1 Å². The molecule has 0 saturated heterocycles. The SMILES string of the molecule is CNC(=O)c1ccn(-c2nc(N)nc3sccc23)n1. The van der Waals surface area contributed by atoms with Crippen molar-refractivity contribution in [3.63, 3.8) is 0 Å². The van der Waals surface area contributed by atoms with E-state index in [-0.39, 0.29) is 11.9 Å². The summed E-state index contributed by atoms with van der Waals surface area (Å²) in [6, 6.07) is 3.52. The van der Waals surface area contributed by atoms with Crippen LogP contribution in [-0.2, 0) is 0 Å². The first kappa shape index (κ1) is 11.6. The number of hydrogen-bond donors (Lipinski definition) is 2. The first-order valence-corrected chi connectivity index (χ1v) is 6.36. The van der Waals surface area contributed by atoms with Crippen LogP contribution < -0.4 is 11.1 Å². The molecule has 19 heavy (non-hydrogen) atoms. The third-order valence-corrected chi connectivity index (χ3v) is 3.39. The highest BCUT2D eigenvalue weighted by molar-refractivity contribution is 7.16. The van der Waals surface area contributed by atoms with E-state index in [0.29, 0.717) is 11.5 Å². The van der Waals surface area contributed by atoms with Crippen LogP contribution >= 0.6 is 11.3 Å². The van der Waals surface area contributed by atoms with Crippen LogP contribution in [0.15, 0.2) is 23.7 Å². The van der Waals surface area contributed by atoms with Crippen molar-refractivity contribution >= 4 is 33.4 Å². The molecule has 3 aromatic rings. The lowest BCUT2D eigenvalue weighted by atomic mass is 10.4. The van der Waals surface area contributed by atoms with Gasteiger partial charge in [0, 0.05) is 13.2 Å². The predicted octanol–water partition coefficient (Wildman–Crippen LogP) is 0.819. The van der Waals surface area contributed by atoms with Crippen LogP contribution in [0.4, 0.5) is 5.95 Å². The van der Waals surface area contributed by atoms with Gasteiger partial charge in [0.1, 0.15) is 4.83 Å². The molecule has 3 rings (SSSR count). The Labute approximate surface area is 112 Å². The first-order valence-electron chi connectivity index (χ1n) is 5.48. The van der Waals surface area contributed by atoms with Crippen LogP contribution in [0.5, 0.6) is 0 Å². The Hall–Kier alpha value is -2.48. The quantitative estimate of drug-likeness (QED) is 0.720. The lowest BCUT2D eigenvalue weighted by Crippen LogP contribution is -2.18. The van der Waals surface area contributed by atoms with Crippen molar-refractivity contribution < 1.29 is 4.79 Å². The van der Waals surface area contributed by atoms with Gasteiger partial charge in [0.05, 0.1) is 5.39 Å². The minimum atomic E-state index is -0.248. The van der Waals surface area contributed by atoms with Crippen molar-refractivity contribution in [2.75, 3.05) is 12.8 Å². The van der Waals surface area contributed by atoms with E-state index in [1.165, 1.54) is 16.0 Å². The van der Waals surface area contributed by atoms with E-state index in [1.807, 2.05) is 11.4 Å². The minimum Gasteiger partial charge on any atom is -0.368 e. The molecule has 96 valence electrons. The highest BCUT2D eigenvalue weighted by atomic mass is 32.1. The Bertz CT molecular complexity index is 761. The van der Waals surface area contributed by atoms with Crippen LogP contribution in [0, 0.1) is 0 Å². The van der Waals surface area contributed by atoms with Gasteiger partial charge >= 0.3 is 0 Å². The summed E-state index contributed by atoms with van der Waals surface area (Å²) in [5.74, 6) is 0.503. The molecule has 0 radical (unpaired) electrons. The molecule has 0 saturated carbocycles. The van der Waals surface area contributed by atoms with E-state index in [2.05, 4.69) is 20.4 Å². The van der Waals surface area contributed by atoms with Crippen molar-refractivity contribution in [1.29, 1.82) is 0 Å². The van der Waals surface area contributed by atoms with E-state index < -0.39 is 0 Å². The number of nitrogen functional groups attached to an aromatic ring is 1. The van der Waals surface area contributed by atoms with Gasteiger partial charge in [-0.05, 0) is 17.5 Å². The molecule has 1 amide bonds. The summed E-state index contributed by atoms with van der Waals surface area (Å²) >= 11 is 1.48. The number of thiophene rings is 1. The summed E-state index contributed by atoms with van der Waals surface area (Å²) < 4.78 is 1.53. The minimum absolute atomic E-state index is 0.182. The van der Waals surface area contributed by atoms with Gasteiger partial charge in [-0.1, -0.05) is 0 Å². The van der Waals surface area contributed by atoms with Crippen molar-refractivity contribution in [3.05, 3.63) is 29.4 Å². The molecule has 0 fully saturated rings. The van der Waals surface area contributed by atoms with E-state index in [4.69, 9.17) is 5.73 Å². The zero-order valence-corrected chi connectivity index (χ0v) is 10.8. The fourth-order valence-electron chi connectivity index (χ4n) is 1.72. The molecule has 0 aliphatic rings. The van der Waals surface area contributed by atoms with E-state index >= 15 is 0 Å². The third kappa shape index (κ3) is 1.91. The van der Waals surface area contributed by atoms with Crippen LogP contribution in [0.25, 0.3) is 16.0 Å². The number of hydrogen-bond acceptors (Lipinski definition) is 6. The zero-order chi connectivity index (χ0) is 13.4. The summed E-state index contributed by atoms with van der Waals surface area (Å²) in [5.41, 5.74) is 6.00. The Balaban J connectivity index is 2.16. The van der Waals surface area contributed by atoms with Gasteiger partial charge in [-0.2, -0.15) is 10.1 Å². The van der Waals surface area contributed by atoms with Crippen molar-refractivity contribution in [3.8, 4) is 5.82 Å². The van der Waals surface area contributed by atoms with Gasteiger partial charge in [0.15, 0.2) is 11.5 Å². The summed E-state index contributed by atoms with van der Waals surface area (Å²) in [4.78, 5) is 20.6. The highest BCUT2D eigenvalue weighted by Crippen LogP contribution is 2.24. The van der Waals surface area contributed by atoms with E-state index in [9.17, 15) is 4.79 Å². The number of carbonyl (C=O) groups is 1. The number of carbonyl (C=O) groups excluding carboxylic acids is 1. The maximum atomic E-state index is 11.5. The van der Waals surface area contributed by atoms with Gasteiger partial charge in [-0.15, -0.1) is 11.3 Å². The Morgan fingerprint density at radius 2 is 2.26 bits per heavy atom. The number of rotatable bonds is 2. The molecule has 0 atom stereocenters. The Morgan fingerprint density at radius 3 is 3.05 bits per heavy atom. The summed E-state index contributed by atoms with van der Waals surface area (Å²) in [6.07, 6.45) is 1.67. The second-order valence-corrected chi connectivity index (χ2v) is 4.66. The number of nitrogens with two attached hydrogens (primary N) is 1. The average molecular weight is 274 g/mol. The van der Waals surface area contributed by atoms with E-state index in [0.717, 1.165) is 10.2 Å². The monoisotopic (exact) mass is 274 g/mol. The molecule has 3 N–H and O–H groups in total. The molecule has 8 heteroatoms.